The van der Waals surface area contributed by atoms with E-state index in [9.17, 15) is 0 Å². The van der Waals surface area contributed by atoms with E-state index in [1.165, 1.54) is 0 Å². The molecule has 2 heterocycles. The van der Waals surface area contributed by atoms with Crippen LogP contribution in [0.25, 0.3) is 26.4 Å². The Morgan fingerprint density at radius 1 is 1.07 bits per heavy atom. The van der Waals surface area contributed by atoms with Crippen LogP contribution in [0.3, 0.4) is 0 Å². The van der Waals surface area contributed by atoms with Crippen molar-refractivity contribution in [3.05, 3.63) is 42.5 Å². The number of rotatable bonds is 9. The van der Waals surface area contributed by atoms with E-state index in [-0.39, 0.29) is 6.10 Å². The first kappa shape index (κ1) is 20.5. The number of aromatic nitrogens is 2. The summed E-state index contributed by atoms with van der Waals surface area (Å²) in [5.74, 6) is 2.71. The second kappa shape index (κ2) is 8.93. The first-order valence-corrected chi connectivity index (χ1v) is 10.9. The van der Waals surface area contributed by atoms with E-state index in [4.69, 9.17) is 19.2 Å². The summed E-state index contributed by atoms with van der Waals surface area (Å²) in [6.07, 6.45) is 1.07. The summed E-state index contributed by atoms with van der Waals surface area (Å²) in [4.78, 5) is 5.92. The van der Waals surface area contributed by atoms with Crippen molar-refractivity contribution in [1.82, 2.24) is 9.38 Å². The number of fused-ring (bicyclic) bond motifs is 3. The van der Waals surface area contributed by atoms with Gasteiger partial charge in [0, 0.05) is 25.8 Å². The standard InChI is InChI=1S/C23H27N3O3S/c1-15(2)29-17-8-6-16(7-9-17)21-22(24-12-5-13-27-3)26-19-11-10-18(28-4)14-20(19)30-23(26)25-21/h6-11,14-15,24H,5,12-13H2,1-4H3. The molecule has 0 saturated heterocycles. The van der Waals surface area contributed by atoms with Crippen LogP contribution in [0.4, 0.5) is 5.82 Å². The number of anilines is 1. The number of hydrogen-bond acceptors (Lipinski definition) is 6. The van der Waals surface area contributed by atoms with Crippen LogP contribution in [-0.2, 0) is 4.74 Å². The molecule has 0 aliphatic rings. The molecule has 6 nitrogen and oxygen atoms in total. The second-order valence-corrected chi connectivity index (χ2v) is 8.34. The van der Waals surface area contributed by atoms with Gasteiger partial charge in [0.05, 0.1) is 23.4 Å². The van der Waals surface area contributed by atoms with E-state index >= 15 is 0 Å². The summed E-state index contributed by atoms with van der Waals surface area (Å²) >= 11 is 1.66. The maximum atomic E-state index is 5.79. The molecule has 0 atom stereocenters. The van der Waals surface area contributed by atoms with Gasteiger partial charge in [0.1, 0.15) is 23.0 Å². The van der Waals surface area contributed by atoms with Crippen LogP contribution >= 0.6 is 11.3 Å². The highest BCUT2D eigenvalue weighted by Gasteiger charge is 2.18. The van der Waals surface area contributed by atoms with Crippen LogP contribution in [0.5, 0.6) is 11.5 Å². The van der Waals surface area contributed by atoms with Crippen molar-refractivity contribution in [2.24, 2.45) is 0 Å². The smallest absolute Gasteiger partial charge is 0.197 e. The number of benzene rings is 2. The van der Waals surface area contributed by atoms with Gasteiger partial charge < -0.3 is 19.5 Å². The number of imidazole rings is 1. The van der Waals surface area contributed by atoms with E-state index in [2.05, 4.69) is 34.0 Å². The highest BCUT2D eigenvalue weighted by atomic mass is 32.1. The lowest BCUT2D eigenvalue weighted by molar-refractivity contribution is 0.198. The van der Waals surface area contributed by atoms with Crippen molar-refractivity contribution in [2.75, 3.05) is 32.7 Å². The highest BCUT2D eigenvalue weighted by Crippen LogP contribution is 2.37. The third-order valence-corrected chi connectivity index (χ3v) is 5.78. The van der Waals surface area contributed by atoms with E-state index in [0.29, 0.717) is 6.61 Å². The number of methoxy groups -OCH3 is 2. The SMILES string of the molecule is COCCCNc1c(-c2ccc(OC(C)C)cc2)nc2sc3cc(OC)ccc3n12. The van der Waals surface area contributed by atoms with Gasteiger partial charge >= 0.3 is 0 Å². The average Bonchev–Trinajstić information content (AvgIpc) is 3.27. The lowest BCUT2D eigenvalue weighted by Gasteiger charge is -2.11. The minimum absolute atomic E-state index is 0.148. The molecule has 0 unspecified atom stereocenters. The maximum Gasteiger partial charge on any atom is 0.197 e. The molecule has 0 aliphatic heterocycles. The summed E-state index contributed by atoms with van der Waals surface area (Å²) in [6.45, 7) is 5.57. The molecule has 7 heteroatoms. The Kier molecular flexibility index (Phi) is 6.11. The largest absolute Gasteiger partial charge is 0.497 e. The molecule has 2 aromatic carbocycles. The van der Waals surface area contributed by atoms with Crippen molar-refractivity contribution in [1.29, 1.82) is 0 Å². The molecule has 0 bridgehead atoms. The van der Waals surface area contributed by atoms with E-state index in [1.54, 1.807) is 25.6 Å². The quantitative estimate of drug-likeness (QED) is 0.361. The van der Waals surface area contributed by atoms with Crippen LogP contribution in [0, 0.1) is 0 Å². The Bertz CT molecular complexity index is 1130. The molecule has 0 fully saturated rings. The van der Waals surface area contributed by atoms with Crippen LogP contribution < -0.4 is 14.8 Å². The predicted octanol–water partition coefficient (Wildman–Crippen LogP) is 5.46. The molecule has 0 radical (unpaired) electrons. The molecular formula is C23H27N3O3S. The zero-order valence-corrected chi connectivity index (χ0v) is 18.6. The Labute approximate surface area is 180 Å². The van der Waals surface area contributed by atoms with Crippen LogP contribution in [0.2, 0.25) is 0 Å². The van der Waals surface area contributed by atoms with Crippen LogP contribution in [-0.4, -0.2) is 42.9 Å². The number of nitrogens with zero attached hydrogens (tertiary/aromatic N) is 2. The normalized spacial score (nSPS) is 11.5. The Morgan fingerprint density at radius 2 is 1.83 bits per heavy atom. The third-order valence-electron chi connectivity index (χ3n) is 4.77. The lowest BCUT2D eigenvalue weighted by atomic mass is 10.1. The highest BCUT2D eigenvalue weighted by molar-refractivity contribution is 7.23. The monoisotopic (exact) mass is 425 g/mol. The summed E-state index contributed by atoms with van der Waals surface area (Å²) < 4.78 is 19.7. The van der Waals surface area contributed by atoms with Gasteiger partial charge in [0.2, 0.25) is 0 Å². The molecule has 1 N–H and O–H groups in total. The molecule has 0 saturated carbocycles. The summed E-state index contributed by atoms with van der Waals surface area (Å²) in [7, 11) is 3.41. The van der Waals surface area contributed by atoms with Gasteiger partial charge in [-0.25, -0.2) is 4.98 Å². The van der Waals surface area contributed by atoms with E-state index in [0.717, 1.165) is 56.7 Å². The maximum absolute atomic E-state index is 5.79. The molecule has 158 valence electrons. The van der Waals surface area contributed by atoms with Gasteiger partial charge in [-0.3, -0.25) is 4.40 Å². The molecule has 30 heavy (non-hydrogen) atoms. The van der Waals surface area contributed by atoms with Gasteiger partial charge in [0.15, 0.2) is 4.96 Å². The van der Waals surface area contributed by atoms with Gasteiger partial charge in [-0.05, 0) is 62.7 Å². The van der Waals surface area contributed by atoms with Crippen molar-refractivity contribution < 1.29 is 14.2 Å². The Balaban J connectivity index is 1.77. The minimum Gasteiger partial charge on any atom is -0.497 e. The van der Waals surface area contributed by atoms with E-state index in [1.807, 2.05) is 32.0 Å². The summed E-state index contributed by atoms with van der Waals surface area (Å²) in [6, 6.07) is 14.3. The molecule has 0 spiro atoms. The van der Waals surface area contributed by atoms with Gasteiger partial charge in [-0.1, -0.05) is 11.3 Å². The fourth-order valence-corrected chi connectivity index (χ4v) is 4.48. The third kappa shape index (κ3) is 4.08. The number of hydrogen-bond donors (Lipinski definition) is 1. The summed E-state index contributed by atoms with van der Waals surface area (Å²) in [5, 5.41) is 3.59. The topological polar surface area (TPSA) is 57.0 Å². The number of ether oxygens (including phenoxy) is 3. The first-order valence-electron chi connectivity index (χ1n) is 10.1. The van der Waals surface area contributed by atoms with E-state index < -0.39 is 0 Å². The zero-order valence-electron chi connectivity index (χ0n) is 17.8. The fourth-order valence-electron chi connectivity index (χ4n) is 3.43. The molecule has 0 aliphatic carbocycles. The number of nitrogens with one attached hydrogen (secondary N) is 1. The van der Waals surface area contributed by atoms with Crippen LogP contribution in [0.15, 0.2) is 42.5 Å². The van der Waals surface area contributed by atoms with Gasteiger partial charge in [-0.15, -0.1) is 0 Å². The molecule has 4 rings (SSSR count). The minimum atomic E-state index is 0.148. The molecule has 4 aromatic rings. The fraction of sp³-hybridized carbons (Fsp3) is 0.348. The second-order valence-electron chi connectivity index (χ2n) is 7.33. The van der Waals surface area contributed by atoms with Crippen molar-refractivity contribution in [3.63, 3.8) is 0 Å². The zero-order chi connectivity index (χ0) is 21.1. The van der Waals surface area contributed by atoms with Crippen molar-refractivity contribution in [2.45, 2.75) is 26.4 Å². The molecule has 2 aromatic heterocycles. The predicted molar refractivity (Wildman–Crippen MR) is 123 cm³/mol. The first-order chi connectivity index (χ1) is 14.6. The lowest BCUT2D eigenvalue weighted by Crippen LogP contribution is -2.07. The van der Waals surface area contributed by atoms with Crippen molar-refractivity contribution in [3.8, 4) is 22.8 Å². The number of thiazole rings is 1. The molecular weight excluding hydrogens is 398 g/mol. The Morgan fingerprint density at radius 3 is 2.53 bits per heavy atom. The van der Waals surface area contributed by atoms with Gasteiger partial charge in [-0.2, -0.15) is 0 Å². The average molecular weight is 426 g/mol. The summed E-state index contributed by atoms with van der Waals surface area (Å²) in [5.41, 5.74) is 3.11. The van der Waals surface area contributed by atoms with Gasteiger partial charge in [0.25, 0.3) is 0 Å². The van der Waals surface area contributed by atoms with Crippen molar-refractivity contribution >= 4 is 32.3 Å². The van der Waals surface area contributed by atoms with Crippen LogP contribution in [0.1, 0.15) is 20.3 Å². The Hall–Kier alpha value is -2.77. The molecule has 0 amide bonds.